The van der Waals surface area contributed by atoms with Gasteiger partial charge in [-0.1, -0.05) is 0 Å². The smallest absolute Gasteiger partial charge is 0.243 e. The van der Waals surface area contributed by atoms with Crippen LogP contribution < -0.4 is 0 Å². The van der Waals surface area contributed by atoms with Crippen LogP contribution in [0.3, 0.4) is 0 Å². The molecule has 6 heteroatoms. The lowest BCUT2D eigenvalue weighted by atomic mass is 10.2. The predicted octanol–water partition coefficient (Wildman–Crippen LogP) is 2.74. The molecule has 1 aromatic rings. The number of rotatable bonds is 2. The zero-order valence-electron chi connectivity index (χ0n) is 7.63. The highest BCUT2D eigenvalue weighted by molar-refractivity contribution is 5.50. The maximum atomic E-state index is 12.7. The predicted molar refractivity (Wildman–Crippen MR) is 47.0 cm³/mol. The standard InChI is InChI=1S/C9H6F3NO2/c1-5(13(14)15)2-6-3-7(10)9(12)8(11)4-6/h2-4H,1H3/b5-2-. The van der Waals surface area contributed by atoms with Crippen LogP contribution in [0.25, 0.3) is 6.08 Å². The molecule has 0 unspecified atom stereocenters. The van der Waals surface area contributed by atoms with Crippen molar-refractivity contribution in [2.24, 2.45) is 0 Å². The summed E-state index contributed by atoms with van der Waals surface area (Å²) >= 11 is 0. The summed E-state index contributed by atoms with van der Waals surface area (Å²) in [6, 6.07) is 1.37. The second-order valence-corrected chi connectivity index (χ2v) is 2.84. The highest BCUT2D eigenvalue weighted by Crippen LogP contribution is 2.15. The maximum Gasteiger partial charge on any atom is 0.243 e. The van der Waals surface area contributed by atoms with Gasteiger partial charge in [0.05, 0.1) is 4.92 Å². The van der Waals surface area contributed by atoms with Crippen LogP contribution >= 0.6 is 0 Å². The number of halogens is 3. The number of hydrogen-bond donors (Lipinski definition) is 0. The average Bonchev–Trinajstić information content (AvgIpc) is 2.13. The van der Waals surface area contributed by atoms with E-state index < -0.39 is 22.4 Å². The van der Waals surface area contributed by atoms with Gasteiger partial charge in [-0.3, -0.25) is 10.1 Å². The van der Waals surface area contributed by atoms with Crippen molar-refractivity contribution in [3.05, 3.63) is 51.0 Å². The Balaban J connectivity index is 3.18. The average molecular weight is 217 g/mol. The molecule has 0 aliphatic rings. The monoisotopic (exact) mass is 217 g/mol. The molecule has 0 bridgehead atoms. The van der Waals surface area contributed by atoms with Crippen molar-refractivity contribution in [3.8, 4) is 0 Å². The Morgan fingerprint density at radius 1 is 1.33 bits per heavy atom. The minimum atomic E-state index is -1.59. The normalized spacial score (nSPS) is 11.6. The number of nitro groups is 1. The minimum absolute atomic E-state index is 0.0967. The van der Waals surface area contributed by atoms with Gasteiger partial charge in [-0.05, 0) is 17.7 Å². The first-order chi connectivity index (χ1) is 6.91. The zero-order valence-corrected chi connectivity index (χ0v) is 7.63. The van der Waals surface area contributed by atoms with Gasteiger partial charge in [0, 0.05) is 13.0 Å². The van der Waals surface area contributed by atoms with Gasteiger partial charge >= 0.3 is 0 Å². The van der Waals surface area contributed by atoms with Crippen LogP contribution in [0.2, 0.25) is 0 Å². The fraction of sp³-hybridized carbons (Fsp3) is 0.111. The topological polar surface area (TPSA) is 43.1 Å². The van der Waals surface area contributed by atoms with Gasteiger partial charge < -0.3 is 0 Å². The Hall–Kier alpha value is -1.85. The largest absolute Gasteiger partial charge is 0.259 e. The van der Waals surface area contributed by atoms with E-state index in [0.29, 0.717) is 12.1 Å². The number of benzene rings is 1. The summed E-state index contributed by atoms with van der Waals surface area (Å²) in [4.78, 5) is 9.51. The molecular formula is C9H6F3NO2. The van der Waals surface area contributed by atoms with Crippen molar-refractivity contribution in [1.29, 1.82) is 0 Å². The van der Waals surface area contributed by atoms with Crippen molar-refractivity contribution in [2.75, 3.05) is 0 Å². The molecule has 80 valence electrons. The summed E-state index contributed by atoms with van der Waals surface area (Å²) in [7, 11) is 0. The van der Waals surface area contributed by atoms with Crippen molar-refractivity contribution in [3.63, 3.8) is 0 Å². The van der Waals surface area contributed by atoms with Crippen LogP contribution in [-0.4, -0.2) is 4.92 Å². The fourth-order valence-corrected chi connectivity index (χ4v) is 0.952. The third-order valence-corrected chi connectivity index (χ3v) is 1.67. The zero-order chi connectivity index (χ0) is 11.6. The van der Waals surface area contributed by atoms with Crippen LogP contribution in [-0.2, 0) is 0 Å². The SMILES string of the molecule is C/C(=C/c1cc(F)c(F)c(F)c1)[N+](=O)[O-]. The third kappa shape index (κ3) is 2.55. The van der Waals surface area contributed by atoms with E-state index in [1.165, 1.54) is 6.92 Å². The molecule has 3 nitrogen and oxygen atoms in total. The Morgan fingerprint density at radius 3 is 2.20 bits per heavy atom. The first-order valence-electron chi connectivity index (χ1n) is 3.89. The van der Waals surface area contributed by atoms with Crippen molar-refractivity contribution < 1.29 is 18.1 Å². The Morgan fingerprint density at radius 2 is 1.80 bits per heavy atom. The third-order valence-electron chi connectivity index (χ3n) is 1.67. The molecule has 1 aromatic carbocycles. The first-order valence-corrected chi connectivity index (χ1v) is 3.89. The van der Waals surface area contributed by atoms with Crippen LogP contribution in [0, 0.1) is 27.6 Å². The van der Waals surface area contributed by atoms with E-state index in [0.717, 1.165) is 6.08 Å². The fourth-order valence-electron chi connectivity index (χ4n) is 0.952. The minimum Gasteiger partial charge on any atom is -0.259 e. The summed E-state index contributed by atoms with van der Waals surface area (Å²) in [5.41, 5.74) is -0.388. The molecule has 0 amide bonds. The van der Waals surface area contributed by atoms with Crippen molar-refractivity contribution >= 4 is 6.08 Å². The van der Waals surface area contributed by atoms with E-state index >= 15 is 0 Å². The molecule has 0 heterocycles. The van der Waals surface area contributed by atoms with E-state index in [1.54, 1.807) is 0 Å². The summed E-state index contributed by atoms with van der Waals surface area (Å²) < 4.78 is 37.9. The lowest BCUT2D eigenvalue weighted by Crippen LogP contribution is -1.95. The lowest BCUT2D eigenvalue weighted by Gasteiger charge is -1.97. The van der Waals surface area contributed by atoms with Gasteiger partial charge in [0.1, 0.15) is 0 Å². The Bertz CT molecular complexity index is 420. The van der Waals surface area contributed by atoms with E-state index in [2.05, 4.69) is 0 Å². The molecule has 0 spiro atoms. The highest BCUT2D eigenvalue weighted by Gasteiger charge is 2.11. The van der Waals surface area contributed by atoms with Gasteiger partial charge in [0.2, 0.25) is 5.70 Å². The van der Waals surface area contributed by atoms with Gasteiger partial charge in [0.15, 0.2) is 17.5 Å². The number of allylic oxidation sites excluding steroid dienone is 1. The highest BCUT2D eigenvalue weighted by atomic mass is 19.2. The quantitative estimate of drug-likeness (QED) is 0.434. The number of nitrogens with zero attached hydrogens (tertiary/aromatic N) is 1. The molecule has 0 aliphatic carbocycles. The van der Waals surface area contributed by atoms with E-state index in [4.69, 9.17) is 0 Å². The number of hydrogen-bond acceptors (Lipinski definition) is 2. The van der Waals surface area contributed by atoms with Crippen molar-refractivity contribution in [2.45, 2.75) is 6.92 Å². The Labute approximate surface area is 83.0 Å². The molecule has 0 radical (unpaired) electrons. The van der Waals surface area contributed by atoms with Gasteiger partial charge in [-0.15, -0.1) is 0 Å². The van der Waals surface area contributed by atoms with Crippen LogP contribution in [0.15, 0.2) is 17.8 Å². The molecule has 15 heavy (non-hydrogen) atoms. The van der Waals surface area contributed by atoms with E-state index in [9.17, 15) is 23.3 Å². The summed E-state index contributed by atoms with van der Waals surface area (Å²) in [5, 5.41) is 10.2. The molecule has 0 atom stereocenters. The van der Waals surface area contributed by atoms with Gasteiger partial charge in [0.25, 0.3) is 0 Å². The van der Waals surface area contributed by atoms with E-state index in [-0.39, 0.29) is 11.3 Å². The molecule has 0 fully saturated rings. The molecular weight excluding hydrogens is 211 g/mol. The van der Waals surface area contributed by atoms with Gasteiger partial charge in [-0.2, -0.15) is 0 Å². The second-order valence-electron chi connectivity index (χ2n) is 2.84. The molecule has 0 saturated carbocycles. The van der Waals surface area contributed by atoms with E-state index in [1.807, 2.05) is 0 Å². The summed E-state index contributed by atoms with van der Waals surface area (Å²) in [6.45, 7) is 1.17. The van der Waals surface area contributed by atoms with Gasteiger partial charge in [-0.25, -0.2) is 13.2 Å². The molecule has 0 aromatic heterocycles. The maximum absolute atomic E-state index is 12.7. The molecule has 0 saturated heterocycles. The molecule has 0 aliphatic heterocycles. The van der Waals surface area contributed by atoms with Crippen molar-refractivity contribution in [1.82, 2.24) is 0 Å². The molecule has 1 rings (SSSR count). The molecule has 0 N–H and O–H groups in total. The van der Waals surface area contributed by atoms with Crippen LogP contribution in [0.1, 0.15) is 12.5 Å². The summed E-state index contributed by atoms with van der Waals surface area (Å²) in [5.74, 6) is -4.35. The van der Waals surface area contributed by atoms with Crippen LogP contribution in [0.5, 0.6) is 0 Å². The van der Waals surface area contributed by atoms with Crippen LogP contribution in [0.4, 0.5) is 13.2 Å². The Kier molecular flexibility index (Phi) is 3.08. The summed E-state index contributed by atoms with van der Waals surface area (Å²) in [6.07, 6.45) is 0.950. The second kappa shape index (κ2) is 4.12. The first kappa shape index (κ1) is 11.2. The lowest BCUT2D eigenvalue weighted by molar-refractivity contribution is -0.422.